The van der Waals surface area contributed by atoms with E-state index < -0.39 is 10.1 Å². The summed E-state index contributed by atoms with van der Waals surface area (Å²) in [7, 11) is -4.02. The molecule has 0 spiro atoms. The van der Waals surface area contributed by atoms with Crippen molar-refractivity contribution >= 4 is 10.1 Å². The Bertz CT molecular complexity index is 581. The molecule has 1 rings (SSSR count). The molecule has 5 heteroatoms. The second-order valence-corrected chi connectivity index (χ2v) is 9.65. The van der Waals surface area contributed by atoms with Crippen LogP contribution in [0.4, 0.5) is 0 Å². The second-order valence-electron chi connectivity index (χ2n) is 8.23. The van der Waals surface area contributed by atoms with Gasteiger partial charge < -0.3 is 5.11 Å². The maximum atomic E-state index is 10.5. The Balaban J connectivity index is 0.000000604. The number of hydrogen-bond acceptors (Lipinski definition) is 3. The molecule has 0 aliphatic rings. The molecule has 0 saturated carbocycles. The van der Waals surface area contributed by atoms with Gasteiger partial charge in [-0.1, -0.05) is 102 Å². The van der Waals surface area contributed by atoms with E-state index in [4.69, 9.17) is 9.66 Å². The summed E-state index contributed by atoms with van der Waals surface area (Å²) in [6.07, 6.45) is 17.8. The van der Waals surface area contributed by atoms with Crippen molar-refractivity contribution in [3.63, 3.8) is 0 Å². The summed E-state index contributed by atoms with van der Waals surface area (Å²) in [4.78, 5) is -0.0666. The molecule has 170 valence electrons. The Labute approximate surface area is 179 Å². The van der Waals surface area contributed by atoms with Crippen molar-refractivity contribution < 1.29 is 18.1 Å². The number of unbranched alkanes of at least 4 members (excludes halogenated alkanes) is 9. The van der Waals surface area contributed by atoms with Crippen LogP contribution in [0.3, 0.4) is 0 Å². The van der Waals surface area contributed by atoms with Crippen molar-refractivity contribution in [2.24, 2.45) is 5.92 Å². The van der Waals surface area contributed by atoms with Gasteiger partial charge in [-0.3, -0.25) is 4.55 Å². The molecule has 0 aliphatic carbocycles. The van der Waals surface area contributed by atoms with Gasteiger partial charge in [0.25, 0.3) is 10.1 Å². The number of aliphatic hydroxyl groups is 1. The molecule has 0 aliphatic heterocycles. The SMILES string of the molecule is CCCCCCCCCCCC[C@H](C)CCCO.Cc1ccc(S(=O)(=O)O)cc1. The Morgan fingerprint density at radius 1 is 0.793 bits per heavy atom. The molecule has 1 aromatic rings. The number of aliphatic hydroxyl groups excluding tert-OH is 1. The quantitative estimate of drug-likeness (QED) is 0.234. The lowest BCUT2D eigenvalue weighted by Crippen LogP contribution is -1.96. The molecule has 29 heavy (non-hydrogen) atoms. The smallest absolute Gasteiger partial charge is 0.294 e. The van der Waals surface area contributed by atoms with Gasteiger partial charge >= 0.3 is 0 Å². The molecule has 0 aromatic heterocycles. The zero-order valence-electron chi connectivity index (χ0n) is 18.9. The van der Waals surface area contributed by atoms with E-state index in [0.29, 0.717) is 6.61 Å². The third kappa shape index (κ3) is 17.6. The molecule has 0 heterocycles. The lowest BCUT2D eigenvalue weighted by Gasteiger charge is -2.09. The molecular formula is C24H44O4S. The second kappa shape index (κ2) is 17.9. The van der Waals surface area contributed by atoms with Crippen LogP contribution in [0.15, 0.2) is 29.2 Å². The summed E-state index contributed by atoms with van der Waals surface area (Å²) >= 11 is 0. The van der Waals surface area contributed by atoms with Crippen LogP contribution >= 0.6 is 0 Å². The van der Waals surface area contributed by atoms with Crippen LogP contribution in [-0.2, 0) is 10.1 Å². The zero-order valence-corrected chi connectivity index (χ0v) is 19.7. The highest BCUT2D eigenvalue weighted by molar-refractivity contribution is 7.85. The van der Waals surface area contributed by atoms with Crippen molar-refractivity contribution in [2.75, 3.05) is 6.61 Å². The third-order valence-electron chi connectivity index (χ3n) is 5.22. The number of rotatable bonds is 15. The molecule has 0 radical (unpaired) electrons. The normalized spacial score (nSPS) is 12.3. The first-order valence-corrected chi connectivity index (χ1v) is 12.9. The van der Waals surface area contributed by atoms with Crippen molar-refractivity contribution in [3.05, 3.63) is 29.8 Å². The zero-order chi connectivity index (χ0) is 22.0. The molecular weight excluding hydrogens is 384 g/mol. The summed E-state index contributed by atoms with van der Waals surface area (Å²) in [5.74, 6) is 0.811. The first-order chi connectivity index (χ1) is 13.8. The molecule has 0 saturated heterocycles. The molecule has 1 atom stereocenters. The van der Waals surface area contributed by atoms with E-state index in [1.807, 2.05) is 6.92 Å². The molecule has 0 unspecified atom stereocenters. The number of hydrogen-bond donors (Lipinski definition) is 2. The lowest BCUT2D eigenvalue weighted by molar-refractivity contribution is 0.270. The minimum Gasteiger partial charge on any atom is -0.396 e. The fraction of sp³-hybridized carbons (Fsp3) is 0.750. The molecule has 0 bridgehead atoms. The largest absolute Gasteiger partial charge is 0.396 e. The number of aryl methyl sites for hydroxylation is 1. The van der Waals surface area contributed by atoms with E-state index in [9.17, 15) is 8.42 Å². The van der Waals surface area contributed by atoms with E-state index in [1.165, 1.54) is 89.2 Å². The van der Waals surface area contributed by atoms with Gasteiger partial charge in [-0.2, -0.15) is 8.42 Å². The molecule has 1 aromatic carbocycles. The highest BCUT2D eigenvalue weighted by Gasteiger charge is 2.06. The van der Waals surface area contributed by atoms with E-state index in [-0.39, 0.29) is 4.90 Å². The highest BCUT2D eigenvalue weighted by atomic mass is 32.2. The van der Waals surface area contributed by atoms with E-state index in [1.54, 1.807) is 12.1 Å². The van der Waals surface area contributed by atoms with Crippen LogP contribution < -0.4 is 0 Å². The Hall–Kier alpha value is -0.910. The maximum Gasteiger partial charge on any atom is 0.294 e. The molecule has 0 fully saturated rings. The summed E-state index contributed by atoms with van der Waals surface area (Å²) < 4.78 is 29.6. The van der Waals surface area contributed by atoms with Gasteiger partial charge in [-0.25, -0.2) is 0 Å². The van der Waals surface area contributed by atoms with Crippen molar-refractivity contribution in [2.45, 2.75) is 109 Å². The van der Waals surface area contributed by atoms with Crippen LogP contribution in [0.25, 0.3) is 0 Å². The van der Waals surface area contributed by atoms with Crippen LogP contribution in [-0.4, -0.2) is 24.7 Å². The minimum absolute atomic E-state index is 0.0666. The van der Waals surface area contributed by atoms with Crippen LogP contribution in [0, 0.1) is 12.8 Å². The van der Waals surface area contributed by atoms with Crippen molar-refractivity contribution in [3.8, 4) is 0 Å². The Morgan fingerprint density at radius 2 is 1.24 bits per heavy atom. The Kier molecular flexibility index (Phi) is 17.3. The van der Waals surface area contributed by atoms with Crippen LogP contribution in [0.2, 0.25) is 0 Å². The standard InChI is InChI=1S/C17H36O.C7H8O3S/c1-3-4-5-6-7-8-9-10-11-12-14-17(2)15-13-16-18;1-6-2-4-7(5-3-6)11(8,9)10/h17-18H,3-16H2,1-2H3;2-5H,1H3,(H,8,9,10)/t17-;/m0./s1. The number of benzene rings is 1. The van der Waals surface area contributed by atoms with Crippen LogP contribution in [0.1, 0.15) is 103 Å². The van der Waals surface area contributed by atoms with Gasteiger partial charge in [0, 0.05) is 6.61 Å². The van der Waals surface area contributed by atoms with Crippen LogP contribution in [0.5, 0.6) is 0 Å². The van der Waals surface area contributed by atoms with Crippen molar-refractivity contribution in [1.29, 1.82) is 0 Å². The summed E-state index contributed by atoms with van der Waals surface area (Å²) in [6.45, 7) is 6.81. The van der Waals surface area contributed by atoms with Gasteiger partial charge in [-0.05, 0) is 37.8 Å². The third-order valence-corrected chi connectivity index (χ3v) is 6.09. The summed E-state index contributed by atoms with van der Waals surface area (Å²) in [5, 5.41) is 8.76. The van der Waals surface area contributed by atoms with Gasteiger partial charge in [-0.15, -0.1) is 0 Å². The monoisotopic (exact) mass is 428 g/mol. The molecule has 0 amide bonds. The van der Waals surface area contributed by atoms with E-state index >= 15 is 0 Å². The molecule has 2 N–H and O–H groups in total. The van der Waals surface area contributed by atoms with Gasteiger partial charge in [0.15, 0.2) is 0 Å². The predicted octanol–water partition coefficient (Wildman–Crippen LogP) is 6.95. The first-order valence-electron chi connectivity index (χ1n) is 11.5. The predicted molar refractivity (Wildman–Crippen MR) is 123 cm³/mol. The Morgan fingerprint density at radius 3 is 1.69 bits per heavy atom. The van der Waals surface area contributed by atoms with Gasteiger partial charge in [0.2, 0.25) is 0 Å². The highest BCUT2D eigenvalue weighted by Crippen LogP contribution is 2.16. The van der Waals surface area contributed by atoms with E-state index in [0.717, 1.165) is 17.9 Å². The van der Waals surface area contributed by atoms with Gasteiger partial charge in [0.1, 0.15) is 0 Å². The minimum atomic E-state index is -4.02. The fourth-order valence-corrected chi connectivity index (χ4v) is 3.75. The average Bonchev–Trinajstić information content (AvgIpc) is 2.68. The summed E-state index contributed by atoms with van der Waals surface area (Å²) in [6, 6.07) is 5.99. The summed E-state index contributed by atoms with van der Waals surface area (Å²) in [5.41, 5.74) is 0.956. The van der Waals surface area contributed by atoms with E-state index in [2.05, 4.69) is 13.8 Å². The average molecular weight is 429 g/mol. The van der Waals surface area contributed by atoms with Gasteiger partial charge in [0.05, 0.1) is 4.90 Å². The van der Waals surface area contributed by atoms with Crippen molar-refractivity contribution in [1.82, 2.24) is 0 Å². The maximum absolute atomic E-state index is 10.5. The molecule has 4 nitrogen and oxygen atoms in total. The fourth-order valence-electron chi connectivity index (χ4n) is 3.27. The first kappa shape index (κ1) is 28.1. The topological polar surface area (TPSA) is 74.6 Å². The lowest BCUT2D eigenvalue weighted by atomic mass is 9.97.